The molecule has 0 spiro atoms. The lowest BCUT2D eigenvalue weighted by atomic mass is 10.1. The minimum Gasteiger partial charge on any atom is -0.389 e. The molecule has 5 heteroatoms. The van der Waals surface area contributed by atoms with Crippen LogP contribution in [-0.4, -0.2) is 40.1 Å². The molecule has 0 aliphatic rings. The number of pyridine rings is 1. The van der Waals surface area contributed by atoms with Crippen molar-refractivity contribution in [3.8, 4) is 0 Å². The summed E-state index contributed by atoms with van der Waals surface area (Å²) in [6, 6.07) is 3.41. The highest BCUT2D eigenvalue weighted by Gasteiger charge is 2.20. The fourth-order valence-electron chi connectivity index (χ4n) is 1.37. The first-order chi connectivity index (χ1) is 7.29. The van der Waals surface area contributed by atoms with Crippen LogP contribution in [-0.2, 0) is 0 Å². The molecule has 0 unspecified atom stereocenters. The predicted octanol–water partition coefficient (Wildman–Crippen LogP) is 1.69. The van der Waals surface area contributed by atoms with E-state index in [1.165, 1.54) is 11.1 Å². The van der Waals surface area contributed by atoms with Gasteiger partial charge in [-0.1, -0.05) is 0 Å². The van der Waals surface area contributed by atoms with Crippen molar-refractivity contribution >= 4 is 21.8 Å². The van der Waals surface area contributed by atoms with Crippen LogP contribution in [0, 0.1) is 0 Å². The van der Waals surface area contributed by atoms with Gasteiger partial charge in [0.25, 0.3) is 5.91 Å². The molecule has 0 saturated carbocycles. The first-order valence-corrected chi connectivity index (χ1v) is 5.68. The molecule has 0 aromatic carbocycles. The number of aliphatic hydroxyl groups is 1. The maximum absolute atomic E-state index is 11.9. The van der Waals surface area contributed by atoms with E-state index in [-0.39, 0.29) is 12.5 Å². The van der Waals surface area contributed by atoms with Crippen molar-refractivity contribution in [1.82, 2.24) is 9.88 Å². The molecule has 1 heterocycles. The Hall–Kier alpha value is -0.940. The van der Waals surface area contributed by atoms with Crippen LogP contribution in [0.5, 0.6) is 0 Å². The fourth-order valence-corrected chi connectivity index (χ4v) is 1.61. The van der Waals surface area contributed by atoms with Gasteiger partial charge in [0.15, 0.2) is 0 Å². The number of amides is 1. The quantitative estimate of drug-likeness (QED) is 0.861. The maximum atomic E-state index is 11.9. The van der Waals surface area contributed by atoms with Crippen LogP contribution in [0.1, 0.15) is 24.2 Å². The average Bonchev–Trinajstić information content (AvgIpc) is 2.15. The average molecular weight is 287 g/mol. The Morgan fingerprint density at radius 3 is 2.62 bits per heavy atom. The molecule has 16 heavy (non-hydrogen) atoms. The van der Waals surface area contributed by atoms with Crippen LogP contribution in [0.3, 0.4) is 0 Å². The van der Waals surface area contributed by atoms with Crippen LogP contribution in [0.2, 0.25) is 0 Å². The van der Waals surface area contributed by atoms with E-state index in [9.17, 15) is 9.90 Å². The Labute approximate surface area is 103 Å². The van der Waals surface area contributed by atoms with Gasteiger partial charge in [0.2, 0.25) is 0 Å². The van der Waals surface area contributed by atoms with Crippen molar-refractivity contribution in [3.63, 3.8) is 0 Å². The van der Waals surface area contributed by atoms with Gasteiger partial charge in [0.05, 0.1) is 11.2 Å². The van der Waals surface area contributed by atoms with Gasteiger partial charge in [-0.25, -0.2) is 4.98 Å². The number of hydrogen-bond acceptors (Lipinski definition) is 3. The molecular formula is C11H15BrN2O2. The van der Waals surface area contributed by atoms with E-state index in [4.69, 9.17) is 0 Å². The summed E-state index contributed by atoms with van der Waals surface area (Å²) in [5.41, 5.74) is -0.386. The summed E-state index contributed by atoms with van der Waals surface area (Å²) in [6.07, 6.45) is 1.51. The molecule has 0 fully saturated rings. The Kier molecular flexibility index (Phi) is 4.04. The maximum Gasteiger partial charge on any atom is 0.255 e. The first-order valence-electron chi connectivity index (χ1n) is 4.89. The summed E-state index contributed by atoms with van der Waals surface area (Å²) in [5.74, 6) is -0.151. The van der Waals surface area contributed by atoms with E-state index in [0.29, 0.717) is 10.2 Å². The lowest BCUT2D eigenvalue weighted by molar-refractivity contribution is 0.0367. The molecule has 1 amide bonds. The second kappa shape index (κ2) is 4.93. The van der Waals surface area contributed by atoms with Gasteiger partial charge in [-0.05, 0) is 41.9 Å². The highest BCUT2D eigenvalue weighted by Crippen LogP contribution is 2.10. The molecule has 1 aromatic heterocycles. The third-order valence-electron chi connectivity index (χ3n) is 1.95. The van der Waals surface area contributed by atoms with Gasteiger partial charge < -0.3 is 10.0 Å². The summed E-state index contributed by atoms with van der Waals surface area (Å²) in [7, 11) is 1.66. The van der Waals surface area contributed by atoms with Gasteiger partial charge in [0.1, 0.15) is 4.60 Å². The molecule has 0 radical (unpaired) electrons. The van der Waals surface area contributed by atoms with Crippen LogP contribution >= 0.6 is 15.9 Å². The molecule has 0 bridgehead atoms. The molecule has 4 nitrogen and oxygen atoms in total. The molecule has 0 aliphatic carbocycles. The molecule has 88 valence electrons. The monoisotopic (exact) mass is 286 g/mol. The van der Waals surface area contributed by atoms with Crippen molar-refractivity contribution in [2.24, 2.45) is 0 Å². The second-order valence-corrected chi connectivity index (χ2v) is 5.16. The lowest BCUT2D eigenvalue weighted by Gasteiger charge is -2.25. The minimum atomic E-state index is -0.896. The number of rotatable bonds is 3. The van der Waals surface area contributed by atoms with E-state index in [0.717, 1.165) is 0 Å². The predicted molar refractivity (Wildman–Crippen MR) is 65.2 cm³/mol. The standard InChI is InChI=1S/C11H15BrN2O2/c1-11(2,16)7-14(3)10(15)8-4-5-9(12)13-6-8/h4-6,16H,7H2,1-3H3. The zero-order valence-electron chi connectivity index (χ0n) is 9.57. The van der Waals surface area contributed by atoms with Gasteiger partial charge in [-0.15, -0.1) is 0 Å². The van der Waals surface area contributed by atoms with Crippen LogP contribution in [0.4, 0.5) is 0 Å². The number of hydrogen-bond donors (Lipinski definition) is 1. The SMILES string of the molecule is CN(CC(C)(C)O)C(=O)c1ccc(Br)nc1. The Morgan fingerprint density at radius 1 is 1.56 bits per heavy atom. The van der Waals surface area contributed by atoms with Crippen molar-refractivity contribution < 1.29 is 9.90 Å². The number of carbonyl (C=O) groups is 1. The number of nitrogens with zero attached hydrogens (tertiary/aromatic N) is 2. The summed E-state index contributed by atoms with van der Waals surface area (Å²) >= 11 is 3.20. The van der Waals surface area contributed by atoms with Gasteiger partial charge in [-0.3, -0.25) is 4.79 Å². The van der Waals surface area contributed by atoms with Gasteiger partial charge >= 0.3 is 0 Å². The van der Waals surface area contributed by atoms with Crippen molar-refractivity contribution in [2.75, 3.05) is 13.6 Å². The molecule has 1 aromatic rings. The Morgan fingerprint density at radius 2 is 2.19 bits per heavy atom. The van der Waals surface area contributed by atoms with Crippen LogP contribution in [0.15, 0.2) is 22.9 Å². The molecule has 0 saturated heterocycles. The normalized spacial score (nSPS) is 11.3. The molecular weight excluding hydrogens is 272 g/mol. The molecule has 1 rings (SSSR count). The summed E-state index contributed by atoms with van der Waals surface area (Å²) < 4.78 is 0.689. The largest absolute Gasteiger partial charge is 0.389 e. The lowest BCUT2D eigenvalue weighted by Crippen LogP contribution is -2.39. The highest BCUT2D eigenvalue weighted by atomic mass is 79.9. The number of halogens is 1. The summed E-state index contributed by atoms with van der Waals surface area (Å²) in [5, 5.41) is 9.61. The zero-order valence-corrected chi connectivity index (χ0v) is 11.2. The fraction of sp³-hybridized carbons (Fsp3) is 0.455. The smallest absolute Gasteiger partial charge is 0.255 e. The van der Waals surface area contributed by atoms with Crippen LogP contribution < -0.4 is 0 Å². The van der Waals surface area contributed by atoms with E-state index >= 15 is 0 Å². The zero-order chi connectivity index (χ0) is 12.3. The van der Waals surface area contributed by atoms with Gasteiger partial charge in [-0.2, -0.15) is 0 Å². The van der Waals surface area contributed by atoms with E-state index < -0.39 is 5.60 Å². The number of aromatic nitrogens is 1. The summed E-state index contributed by atoms with van der Waals surface area (Å²) in [4.78, 5) is 17.4. The highest BCUT2D eigenvalue weighted by molar-refractivity contribution is 9.10. The third-order valence-corrected chi connectivity index (χ3v) is 2.41. The second-order valence-electron chi connectivity index (χ2n) is 4.34. The van der Waals surface area contributed by atoms with E-state index in [2.05, 4.69) is 20.9 Å². The molecule has 0 aliphatic heterocycles. The number of likely N-dealkylation sites (N-methyl/N-ethyl adjacent to an activating group) is 1. The van der Waals surface area contributed by atoms with E-state index in [1.54, 1.807) is 33.0 Å². The molecule has 0 atom stereocenters. The van der Waals surface area contributed by atoms with Crippen molar-refractivity contribution in [2.45, 2.75) is 19.4 Å². The summed E-state index contributed by atoms with van der Waals surface area (Å²) in [6.45, 7) is 3.61. The third kappa shape index (κ3) is 3.90. The number of carbonyl (C=O) groups excluding carboxylic acids is 1. The Balaban J connectivity index is 2.74. The topological polar surface area (TPSA) is 53.4 Å². The minimum absolute atomic E-state index is 0.151. The van der Waals surface area contributed by atoms with Crippen molar-refractivity contribution in [3.05, 3.63) is 28.5 Å². The first kappa shape index (κ1) is 13.1. The van der Waals surface area contributed by atoms with Gasteiger partial charge in [0, 0.05) is 19.8 Å². The van der Waals surface area contributed by atoms with E-state index in [1.807, 2.05) is 0 Å². The van der Waals surface area contributed by atoms with Crippen LogP contribution in [0.25, 0.3) is 0 Å². The Bertz CT molecular complexity index is 371. The molecule has 1 N–H and O–H groups in total. The van der Waals surface area contributed by atoms with Crippen molar-refractivity contribution in [1.29, 1.82) is 0 Å².